The number of aryl methyl sites for hydroxylation is 1. The van der Waals surface area contributed by atoms with Crippen molar-refractivity contribution in [2.75, 3.05) is 33.3 Å². The minimum atomic E-state index is -0.718. The predicted octanol–water partition coefficient (Wildman–Crippen LogP) is 3.59. The Balaban J connectivity index is 1.15. The quantitative estimate of drug-likeness (QED) is 0.568. The molecule has 3 aromatic rings. The Morgan fingerprint density at radius 1 is 1.14 bits per heavy atom. The van der Waals surface area contributed by atoms with Crippen molar-refractivity contribution in [3.05, 3.63) is 70.4 Å². The summed E-state index contributed by atoms with van der Waals surface area (Å²) in [7, 11) is 1.67. The Morgan fingerprint density at radius 3 is 2.81 bits per heavy atom. The molecule has 0 bridgehead atoms. The highest BCUT2D eigenvalue weighted by atomic mass is 16.5. The van der Waals surface area contributed by atoms with Crippen LogP contribution in [0, 0.1) is 5.92 Å². The first-order valence-corrected chi connectivity index (χ1v) is 12.5. The topological polar surface area (TPSA) is 96.1 Å². The predicted molar refractivity (Wildman–Crippen MR) is 132 cm³/mol. The molecule has 2 saturated heterocycles. The van der Waals surface area contributed by atoms with E-state index in [9.17, 15) is 9.59 Å². The van der Waals surface area contributed by atoms with E-state index < -0.39 is 5.97 Å². The second kappa shape index (κ2) is 9.09. The van der Waals surface area contributed by atoms with E-state index in [4.69, 9.17) is 14.4 Å². The van der Waals surface area contributed by atoms with Gasteiger partial charge in [-0.3, -0.25) is 14.5 Å². The van der Waals surface area contributed by atoms with Gasteiger partial charge in [-0.2, -0.15) is 0 Å². The number of carboxylic acids is 1. The van der Waals surface area contributed by atoms with E-state index in [-0.39, 0.29) is 17.7 Å². The van der Waals surface area contributed by atoms with Gasteiger partial charge in [-0.25, -0.2) is 0 Å². The summed E-state index contributed by atoms with van der Waals surface area (Å²) in [6, 6.07) is 14.4. The van der Waals surface area contributed by atoms with E-state index in [1.165, 1.54) is 11.1 Å². The third kappa shape index (κ3) is 4.05. The van der Waals surface area contributed by atoms with Gasteiger partial charge in [-0.1, -0.05) is 35.5 Å². The Hall–Kier alpha value is -3.65. The molecule has 6 rings (SSSR count). The SMILES string of the molecule is COc1cccc(C2CCN(C(=O)c3noc4c3CCc3cc(CN5CC(C(=O)O)C5)ccc3-4)C2)c1. The fourth-order valence-electron chi connectivity index (χ4n) is 5.73. The number of likely N-dealkylation sites (tertiary alicyclic amines) is 2. The third-order valence-electron chi connectivity index (χ3n) is 7.80. The zero-order chi connectivity index (χ0) is 24.8. The second-order valence-electron chi connectivity index (χ2n) is 10.1. The van der Waals surface area contributed by atoms with Crippen LogP contribution in [0.4, 0.5) is 0 Å². The Labute approximate surface area is 209 Å². The number of amides is 1. The number of carbonyl (C=O) groups excluding carboxylic acids is 1. The van der Waals surface area contributed by atoms with Crippen molar-refractivity contribution < 1.29 is 24.0 Å². The number of hydrogen-bond donors (Lipinski definition) is 1. The zero-order valence-corrected chi connectivity index (χ0v) is 20.3. The summed E-state index contributed by atoms with van der Waals surface area (Å²) in [6.45, 7) is 3.29. The van der Waals surface area contributed by atoms with Gasteiger partial charge >= 0.3 is 5.97 Å². The number of aromatic nitrogens is 1. The zero-order valence-electron chi connectivity index (χ0n) is 20.3. The van der Waals surface area contributed by atoms with Crippen molar-refractivity contribution in [2.24, 2.45) is 5.92 Å². The van der Waals surface area contributed by atoms with Crippen LogP contribution in [-0.4, -0.2) is 65.2 Å². The normalized spacial score (nSPS) is 19.5. The van der Waals surface area contributed by atoms with Crippen LogP contribution in [0.25, 0.3) is 11.3 Å². The lowest BCUT2D eigenvalue weighted by molar-refractivity contribution is -0.147. The summed E-state index contributed by atoms with van der Waals surface area (Å²) in [5, 5.41) is 13.3. The van der Waals surface area contributed by atoms with Gasteiger partial charge in [0.1, 0.15) is 5.75 Å². The molecule has 1 aliphatic carbocycles. The van der Waals surface area contributed by atoms with Crippen LogP contribution < -0.4 is 4.74 Å². The summed E-state index contributed by atoms with van der Waals surface area (Å²) >= 11 is 0. The highest BCUT2D eigenvalue weighted by Crippen LogP contribution is 2.37. The number of carbonyl (C=O) groups is 2. The van der Waals surface area contributed by atoms with E-state index in [0.717, 1.165) is 41.8 Å². The lowest BCUT2D eigenvalue weighted by atomic mass is 9.88. The van der Waals surface area contributed by atoms with E-state index >= 15 is 0 Å². The molecule has 1 amide bonds. The first kappa shape index (κ1) is 22.8. The smallest absolute Gasteiger partial charge is 0.309 e. The van der Waals surface area contributed by atoms with E-state index in [1.54, 1.807) is 7.11 Å². The Kier molecular flexibility index (Phi) is 5.76. The van der Waals surface area contributed by atoms with Gasteiger partial charge in [0, 0.05) is 49.8 Å². The number of rotatable bonds is 6. The molecule has 2 fully saturated rings. The van der Waals surface area contributed by atoms with Gasteiger partial charge in [0.15, 0.2) is 11.5 Å². The monoisotopic (exact) mass is 487 g/mol. The van der Waals surface area contributed by atoms with Crippen LogP contribution in [0.1, 0.15) is 45.1 Å². The second-order valence-corrected chi connectivity index (χ2v) is 10.1. The van der Waals surface area contributed by atoms with Gasteiger partial charge in [0.05, 0.1) is 13.0 Å². The maximum absolute atomic E-state index is 13.4. The number of aliphatic carboxylic acids is 1. The number of nitrogens with zero attached hydrogens (tertiary/aromatic N) is 3. The third-order valence-corrected chi connectivity index (χ3v) is 7.80. The highest BCUT2D eigenvalue weighted by Gasteiger charge is 2.35. The number of benzene rings is 2. The molecule has 0 spiro atoms. The number of ether oxygens (including phenoxy) is 1. The summed E-state index contributed by atoms with van der Waals surface area (Å²) in [4.78, 5) is 28.5. The molecule has 186 valence electrons. The minimum Gasteiger partial charge on any atom is -0.497 e. The van der Waals surface area contributed by atoms with Crippen molar-refractivity contribution in [3.8, 4) is 17.1 Å². The van der Waals surface area contributed by atoms with Gasteiger partial charge in [-0.05, 0) is 48.1 Å². The average Bonchev–Trinajstić information content (AvgIpc) is 3.53. The molecule has 3 heterocycles. The molecule has 8 nitrogen and oxygen atoms in total. The molecule has 2 aliphatic heterocycles. The van der Waals surface area contributed by atoms with Crippen LogP contribution in [0.2, 0.25) is 0 Å². The van der Waals surface area contributed by atoms with Gasteiger partial charge in [-0.15, -0.1) is 0 Å². The Bertz CT molecular complexity index is 1330. The fraction of sp³-hybridized carbons (Fsp3) is 0.393. The summed E-state index contributed by atoms with van der Waals surface area (Å²) in [5.74, 6) is 0.782. The maximum atomic E-state index is 13.4. The molecular weight excluding hydrogens is 458 g/mol. The first-order valence-electron chi connectivity index (χ1n) is 12.5. The maximum Gasteiger partial charge on any atom is 0.309 e. The van der Waals surface area contributed by atoms with Crippen molar-refractivity contribution in [2.45, 2.75) is 31.7 Å². The molecule has 0 radical (unpaired) electrons. The van der Waals surface area contributed by atoms with Crippen LogP contribution >= 0.6 is 0 Å². The van der Waals surface area contributed by atoms with Gasteiger partial charge in [0.25, 0.3) is 5.91 Å². The van der Waals surface area contributed by atoms with Crippen molar-refractivity contribution in [1.82, 2.24) is 15.0 Å². The number of fused-ring (bicyclic) bond motifs is 3. The molecule has 3 aliphatic rings. The molecule has 1 aromatic heterocycles. The summed E-state index contributed by atoms with van der Waals surface area (Å²) in [6.07, 6.45) is 2.45. The van der Waals surface area contributed by atoms with E-state index in [1.807, 2.05) is 29.2 Å². The summed E-state index contributed by atoms with van der Waals surface area (Å²) in [5.41, 5.74) is 5.87. The van der Waals surface area contributed by atoms with Crippen molar-refractivity contribution in [3.63, 3.8) is 0 Å². The number of carboxylic acid groups (broad SMARTS) is 1. The summed E-state index contributed by atoms with van der Waals surface area (Å²) < 4.78 is 11.1. The van der Waals surface area contributed by atoms with Crippen molar-refractivity contribution in [1.29, 1.82) is 0 Å². The molecule has 8 heteroatoms. The average molecular weight is 488 g/mol. The van der Waals surface area contributed by atoms with Crippen LogP contribution in [0.3, 0.4) is 0 Å². The molecule has 1 atom stereocenters. The van der Waals surface area contributed by atoms with Gasteiger partial charge in [0.2, 0.25) is 0 Å². The number of methoxy groups -OCH3 is 1. The highest BCUT2D eigenvalue weighted by molar-refractivity contribution is 5.96. The Morgan fingerprint density at radius 2 is 2.00 bits per heavy atom. The lowest BCUT2D eigenvalue weighted by Crippen LogP contribution is -2.49. The molecule has 2 aromatic carbocycles. The van der Waals surface area contributed by atoms with E-state index in [2.05, 4.69) is 28.3 Å². The molecule has 1 N–H and O–H groups in total. The van der Waals surface area contributed by atoms with Crippen LogP contribution in [0.5, 0.6) is 5.75 Å². The van der Waals surface area contributed by atoms with Crippen molar-refractivity contribution >= 4 is 11.9 Å². The lowest BCUT2D eigenvalue weighted by Gasteiger charge is -2.36. The molecule has 0 saturated carbocycles. The largest absolute Gasteiger partial charge is 0.497 e. The molecule has 36 heavy (non-hydrogen) atoms. The van der Waals surface area contributed by atoms with Gasteiger partial charge < -0.3 is 19.3 Å². The molecule has 1 unspecified atom stereocenters. The fourth-order valence-corrected chi connectivity index (χ4v) is 5.73. The van der Waals surface area contributed by atoms with Crippen LogP contribution in [0.15, 0.2) is 47.0 Å². The van der Waals surface area contributed by atoms with Crippen LogP contribution in [-0.2, 0) is 24.2 Å². The minimum absolute atomic E-state index is 0.0590. The van der Waals surface area contributed by atoms with E-state index in [0.29, 0.717) is 44.1 Å². The standard InChI is InChI=1S/C28H29N3O5/c1-35-22-4-2-3-18(12-22)20-9-10-31(16-20)27(32)25-24-8-6-19-11-17(5-7-23(19)26(24)36-29-25)13-30-14-21(15-30)28(33)34/h2-5,7,11-12,20-21H,6,8-10,13-16H2,1H3,(H,33,34). The molecular formula is C28H29N3O5. The first-order chi connectivity index (χ1) is 17.5. The number of hydrogen-bond acceptors (Lipinski definition) is 6.